The molecule has 2 aromatic heterocycles. The molecule has 9 nitrogen and oxygen atoms in total. The summed E-state index contributed by atoms with van der Waals surface area (Å²) in [7, 11) is 0. The van der Waals surface area contributed by atoms with Crippen molar-refractivity contribution in [1.82, 2.24) is 25.2 Å². The lowest BCUT2D eigenvalue weighted by Gasteiger charge is -2.45. The van der Waals surface area contributed by atoms with E-state index in [1.54, 1.807) is 6.33 Å². The summed E-state index contributed by atoms with van der Waals surface area (Å²) in [6, 6.07) is 7.94. The van der Waals surface area contributed by atoms with Crippen molar-refractivity contribution in [1.29, 1.82) is 5.26 Å². The van der Waals surface area contributed by atoms with Gasteiger partial charge in [0.2, 0.25) is 0 Å². The molecule has 3 N–H and O–H groups in total. The molecule has 10 heteroatoms. The van der Waals surface area contributed by atoms with Crippen molar-refractivity contribution in [3.05, 3.63) is 46.8 Å². The number of hydrogen-bond donors (Lipinski definition) is 3. The molecule has 0 aliphatic carbocycles. The molecule has 1 aliphatic rings. The van der Waals surface area contributed by atoms with Gasteiger partial charge in [0.25, 0.3) is 0 Å². The van der Waals surface area contributed by atoms with Crippen LogP contribution in [0.3, 0.4) is 0 Å². The molecule has 1 saturated heterocycles. The average Bonchev–Trinajstić information content (AvgIpc) is 3.18. The van der Waals surface area contributed by atoms with Crippen LogP contribution in [0.5, 0.6) is 0 Å². The van der Waals surface area contributed by atoms with Crippen LogP contribution in [0.25, 0.3) is 11.0 Å². The van der Waals surface area contributed by atoms with Crippen LogP contribution >= 0.6 is 15.9 Å². The molecule has 1 aliphatic heterocycles. The largest absolute Gasteiger partial charge is 0.374 e. The fourth-order valence-corrected chi connectivity index (χ4v) is 4.63. The Labute approximate surface area is 208 Å². The molecule has 1 aromatic carbocycles. The number of aromatic nitrogens is 3. The number of aryl methyl sites for hydroxylation is 1. The van der Waals surface area contributed by atoms with E-state index < -0.39 is 0 Å². The van der Waals surface area contributed by atoms with Crippen LogP contribution in [0.15, 0.2) is 41.3 Å². The number of ether oxygens (including phenoxy) is 1. The van der Waals surface area contributed by atoms with Gasteiger partial charge in [-0.15, -0.1) is 0 Å². The zero-order valence-corrected chi connectivity index (χ0v) is 21.6. The third kappa shape index (κ3) is 5.60. The number of halogens is 1. The van der Waals surface area contributed by atoms with Crippen molar-refractivity contribution in [2.45, 2.75) is 45.6 Å². The lowest BCUT2D eigenvalue weighted by atomic mass is 10.1. The number of H-pyrrole nitrogens is 1. The van der Waals surface area contributed by atoms with Gasteiger partial charge in [0.05, 0.1) is 23.6 Å². The molecule has 1 fully saturated rings. The molecular weight excluding hydrogens is 496 g/mol. The van der Waals surface area contributed by atoms with E-state index in [2.05, 4.69) is 85.2 Å². The molecule has 34 heavy (non-hydrogen) atoms. The third-order valence-electron chi connectivity index (χ3n) is 5.84. The molecule has 0 saturated carbocycles. The summed E-state index contributed by atoms with van der Waals surface area (Å²) in [5, 5.41) is 16.9. The number of benzene rings is 1. The van der Waals surface area contributed by atoms with Gasteiger partial charge in [-0.2, -0.15) is 5.26 Å². The molecule has 3 heterocycles. The first-order valence-corrected chi connectivity index (χ1v) is 12.1. The van der Waals surface area contributed by atoms with Crippen LogP contribution in [0.1, 0.15) is 26.3 Å². The van der Waals surface area contributed by atoms with E-state index in [-0.39, 0.29) is 17.9 Å². The van der Waals surface area contributed by atoms with E-state index in [9.17, 15) is 5.26 Å². The van der Waals surface area contributed by atoms with Gasteiger partial charge in [-0.1, -0.05) is 22.0 Å². The number of fused-ring (bicyclic) bond motifs is 1. The summed E-state index contributed by atoms with van der Waals surface area (Å²) in [5.41, 5.74) is 2.60. The summed E-state index contributed by atoms with van der Waals surface area (Å²) < 4.78 is 7.20. The summed E-state index contributed by atoms with van der Waals surface area (Å²) in [6.45, 7) is 10.9. The summed E-state index contributed by atoms with van der Waals surface area (Å²) in [4.78, 5) is 16.8. The van der Waals surface area contributed by atoms with E-state index in [0.29, 0.717) is 19.7 Å². The van der Waals surface area contributed by atoms with Crippen LogP contribution in [0.4, 0.5) is 11.5 Å². The highest BCUT2D eigenvalue weighted by molar-refractivity contribution is 9.10. The van der Waals surface area contributed by atoms with Crippen LogP contribution in [-0.2, 0) is 4.74 Å². The molecule has 1 unspecified atom stereocenters. The zero-order valence-electron chi connectivity index (χ0n) is 20.0. The Balaban J connectivity index is 1.61. The monoisotopic (exact) mass is 526 g/mol. The first kappa shape index (κ1) is 24.3. The maximum atomic E-state index is 9.50. The second-order valence-corrected chi connectivity index (χ2v) is 10.4. The van der Waals surface area contributed by atoms with Gasteiger partial charge in [-0.3, -0.25) is 10.2 Å². The highest BCUT2D eigenvalue weighted by atomic mass is 79.9. The summed E-state index contributed by atoms with van der Waals surface area (Å²) in [6.07, 6.45) is 5.31. The molecule has 0 radical (unpaired) electrons. The predicted octanol–water partition coefficient (Wildman–Crippen LogP) is 3.80. The minimum absolute atomic E-state index is 0.0164. The molecular formula is C24H31BrN8O. The Morgan fingerprint density at radius 2 is 2.15 bits per heavy atom. The van der Waals surface area contributed by atoms with Crippen molar-refractivity contribution in [3.63, 3.8) is 0 Å². The van der Waals surface area contributed by atoms with E-state index in [0.717, 1.165) is 39.1 Å². The van der Waals surface area contributed by atoms with Gasteiger partial charge in [0, 0.05) is 36.0 Å². The average molecular weight is 527 g/mol. The minimum atomic E-state index is -0.380. The number of hydrogen-bond acceptors (Lipinski definition) is 8. The quantitative estimate of drug-likeness (QED) is 0.242. The number of piperazine rings is 1. The lowest BCUT2D eigenvalue weighted by molar-refractivity contribution is -0.0443. The number of nitrogens with one attached hydrogen (secondary N) is 3. The summed E-state index contributed by atoms with van der Waals surface area (Å²) in [5.74, 6) is 0.925. The first-order chi connectivity index (χ1) is 16.2. The predicted molar refractivity (Wildman–Crippen MR) is 137 cm³/mol. The lowest BCUT2D eigenvalue weighted by Crippen LogP contribution is -2.63. The second-order valence-electron chi connectivity index (χ2n) is 9.47. The molecule has 4 rings (SSSR count). The van der Waals surface area contributed by atoms with Crippen molar-refractivity contribution < 1.29 is 4.74 Å². The first-order valence-electron chi connectivity index (χ1n) is 11.4. The maximum Gasteiger partial charge on any atom is 0.179 e. The van der Waals surface area contributed by atoms with Crippen molar-refractivity contribution in [2.24, 2.45) is 0 Å². The Hall–Kier alpha value is -2.87. The van der Waals surface area contributed by atoms with Gasteiger partial charge in [-0.05, 0) is 51.5 Å². The zero-order chi connectivity index (χ0) is 24.3. The molecule has 0 spiro atoms. The van der Waals surface area contributed by atoms with Crippen LogP contribution in [-0.4, -0.2) is 64.0 Å². The van der Waals surface area contributed by atoms with Crippen molar-refractivity contribution in [3.8, 4) is 6.19 Å². The van der Waals surface area contributed by atoms with Crippen LogP contribution < -0.4 is 15.5 Å². The second kappa shape index (κ2) is 10.2. The fraction of sp³-hybridized carbons (Fsp3) is 0.458. The van der Waals surface area contributed by atoms with Gasteiger partial charge in [-0.25, -0.2) is 9.97 Å². The number of aromatic amines is 1. The van der Waals surface area contributed by atoms with Gasteiger partial charge in [0.15, 0.2) is 12.5 Å². The topological polar surface area (TPSA) is 105 Å². The van der Waals surface area contributed by atoms with Gasteiger partial charge in [0.1, 0.15) is 17.8 Å². The normalized spacial score (nSPS) is 18.0. The van der Waals surface area contributed by atoms with E-state index in [1.807, 2.05) is 30.5 Å². The number of rotatable bonds is 7. The third-order valence-corrected chi connectivity index (χ3v) is 6.34. The highest BCUT2D eigenvalue weighted by Crippen LogP contribution is 2.28. The maximum absolute atomic E-state index is 9.50. The minimum Gasteiger partial charge on any atom is -0.374 e. The Kier molecular flexibility index (Phi) is 7.26. The van der Waals surface area contributed by atoms with E-state index in [4.69, 9.17) is 4.74 Å². The highest BCUT2D eigenvalue weighted by Gasteiger charge is 2.34. The molecule has 3 aromatic rings. The number of anilines is 2. The molecule has 0 amide bonds. The fourth-order valence-electron chi connectivity index (χ4n) is 4.23. The SMILES string of the molecule is Cc1c[nH]c2ncnc(N3CCN(C(NC#N)Nc4cccc(Br)c4)[C@@H](COC(C)(C)C)C3)c12. The van der Waals surface area contributed by atoms with Gasteiger partial charge >= 0.3 is 0 Å². The Bertz CT molecular complexity index is 1170. The van der Waals surface area contributed by atoms with E-state index >= 15 is 0 Å². The Morgan fingerprint density at radius 3 is 2.88 bits per heavy atom. The van der Waals surface area contributed by atoms with Gasteiger partial charge < -0.3 is 19.9 Å². The number of nitrogens with zero attached hydrogens (tertiary/aromatic N) is 5. The Morgan fingerprint density at radius 1 is 1.32 bits per heavy atom. The molecule has 180 valence electrons. The van der Waals surface area contributed by atoms with Crippen molar-refractivity contribution in [2.75, 3.05) is 36.5 Å². The smallest absolute Gasteiger partial charge is 0.179 e. The number of nitriles is 1. The summed E-state index contributed by atoms with van der Waals surface area (Å²) >= 11 is 3.52. The molecule has 2 atom stereocenters. The van der Waals surface area contributed by atoms with E-state index in [1.165, 1.54) is 0 Å². The molecule has 0 bridgehead atoms. The van der Waals surface area contributed by atoms with Crippen molar-refractivity contribution >= 4 is 38.5 Å². The standard InChI is InChI=1S/C24H31BrN8O/c1-16-11-27-21-20(16)22(30-15-29-21)32-8-9-33(19(12-32)13-34-24(2,3)4)23(28-14-26)31-18-7-5-6-17(25)10-18/h5-7,10-11,15,19,23,28,31H,8-9,12-13H2,1-4H3,(H,27,29,30)/t19-,23?/m1/s1. The van der Waals surface area contributed by atoms with Crippen LogP contribution in [0, 0.1) is 18.4 Å². The van der Waals surface area contributed by atoms with Crippen LogP contribution in [0.2, 0.25) is 0 Å².